The molecule has 0 fully saturated rings. The van der Waals surface area contributed by atoms with Gasteiger partial charge in [-0.25, -0.2) is 14.2 Å². The van der Waals surface area contributed by atoms with Crippen molar-refractivity contribution >= 4 is 40.7 Å². The maximum absolute atomic E-state index is 13.5. The number of benzene rings is 2. The number of hydrogen-bond donors (Lipinski definition) is 2. The molecule has 1 aliphatic rings. The summed E-state index contributed by atoms with van der Waals surface area (Å²) in [6.07, 6.45) is 3.72. The van der Waals surface area contributed by atoms with Gasteiger partial charge in [-0.2, -0.15) is 4.98 Å². The fourth-order valence-corrected chi connectivity index (χ4v) is 3.91. The molecule has 1 aliphatic heterocycles. The number of carbonyl (C=O) groups excluding carboxylic acids is 1. The molecule has 0 radical (unpaired) electrons. The van der Waals surface area contributed by atoms with E-state index in [4.69, 9.17) is 27.9 Å². The number of anilines is 2. The van der Waals surface area contributed by atoms with Crippen molar-refractivity contribution in [2.75, 3.05) is 12.4 Å². The monoisotopic (exact) mass is 501 g/mol. The first-order valence-corrected chi connectivity index (χ1v) is 11.1. The van der Waals surface area contributed by atoms with E-state index in [1.54, 1.807) is 61.9 Å². The third kappa shape index (κ3) is 5.16. The van der Waals surface area contributed by atoms with Gasteiger partial charge in [-0.05, 0) is 60.6 Å². The lowest BCUT2D eigenvalue weighted by molar-refractivity contribution is -0.124. The summed E-state index contributed by atoms with van der Waals surface area (Å²) < 4.78 is 7.42. The van der Waals surface area contributed by atoms with Gasteiger partial charge in [-0.1, -0.05) is 29.3 Å². The summed E-state index contributed by atoms with van der Waals surface area (Å²) in [5, 5.41) is 6.46. The van der Waals surface area contributed by atoms with Crippen LogP contribution in [0.2, 0.25) is 10.0 Å². The van der Waals surface area contributed by atoms with Crippen LogP contribution in [0, 0.1) is 5.92 Å². The molecule has 2 N–H and O–H groups in total. The Bertz CT molecular complexity index is 1370. The molecule has 0 bridgehead atoms. The SMILES string of the molecule is COc1ccc(Nc2nc(=O)n(CC3CC=CNC3=O)c(=O)n2Cc2cc(Cl)ccc2Cl)cc1. The van der Waals surface area contributed by atoms with Crippen molar-refractivity contribution in [1.29, 1.82) is 0 Å². The smallest absolute Gasteiger partial charge is 0.354 e. The van der Waals surface area contributed by atoms with Crippen LogP contribution in [0.1, 0.15) is 12.0 Å². The van der Waals surface area contributed by atoms with Gasteiger partial charge in [-0.3, -0.25) is 9.36 Å². The fraction of sp³-hybridized carbons (Fsp3) is 0.217. The quantitative estimate of drug-likeness (QED) is 0.514. The maximum atomic E-state index is 13.5. The first-order chi connectivity index (χ1) is 16.4. The zero-order chi connectivity index (χ0) is 24.2. The topological polar surface area (TPSA) is 107 Å². The number of nitrogens with zero attached hydrogens (tertiary/aromatic N) is 3. The highest BCUT2D eigenvalue weighted by atomic mass is 35.5. The van der Waals surface area contributed by atoms with Gasteiger partial charge in [0, 0.05) is 22.3 Å². The number of methoxy groups -OCH3 is 1. The van der Waals surface area contributed by atoms with E-state index in [1.807, 2.05) is 0 Å². The lowest BCUT2D eigenvalue weighted by atomic mass is 10.0. The van der Waals surface area contributed by atoms with Crippen molar-refractivity contribution in [3.8, 4) is 5.75 Å². The van der Waals surface area contributed by atoms with Gasteiger partial charge >= 0.3 is 11.4 Å². The predicted octanol–water partition coefficient (Wildman–Crippen LogP) is 3.16. The van der Waals surface area contributed by atoms with E-state index in [-0.39, 0.29) is 24.9 Å². The van der Waals surface area contributed by atoms with Crippen LogP contribution in [0.25, 0.3) is 0 Å². The molecule has 0 saturated heterocycles. The molecule has 0 spiro atoms. The number of amides is 1. The average Bonchev–Trinajstić information content (AvgIpc) is 2.83. The predicted molar refractivity (Wildman–Crippen MR) is 130 cm³/mol. The molecule has 4 rings (SSSR count). The summed E-state index contributed by atoms with van der Waals surface area (Å²) in [5.41, 5.74) is -0.238. The van der Waals surface area contributed by atoms with Crippen molar-refractivity contribution < 1.29 is 9.53 Å². The normalized spacial score (nSPS) is 15.1. The standard InChI is InChI=1S/C23H21Cl2N5O4/c1-34-18-7-5-17(6-8-18)27-21-28-22(32)30(12-14-3-2-10-26-20(14)31)23(33)29(21)13-15-11-16(24)4-9-19(15)25/h2,4-11,14H,3,12-13H2,1H3,(H,26,31)(H,27,28,32). The molecule has 3 aromatic rings. The van der Waals surface area contributed by atoms with Crippen LogP contribution in [0.3, 0.4) is 0 Å². The largest absolute Gasteiger partial charge is 0.497 e. The van der Waals surface area contributed by atoms with E-state index in [1.165, 1.54) is 4.57 Å². The summed E-state index contributed by atoms with van der Waals surface area (Å²) in [4.78, 5) is 42.6. The Morgan fingerprint density at radius 3 is 2.59 bits per heavy atom. The van der Waals surface area contributed by atoms with Crippen LogP contribution in [0.4, 0.5) is 11.6 Å². The van der Waals surface area contributed by atoms with Gasteiger partial charge in [-0.15, -0.1) is 0 Å². The molecular formula is C23H21Cl2N5O4. The van der Waals surface area contributed by atoms with E-state index in [2.05, 4.69) is 15.6 Å². The van der Waals surface area contributed by atoms with Crippen molar-refractivity contribution in [3.63, 3.8) is 0 Å². The van der Waals surface area contributed by atoms with Gasteiger partial charge in [0.15, 0.2) is 0 Å². The van der Waals surface area contributed by atoms with E-state index in [0.717, 1.165) is 4.57 Å². The highest BCUT2D eigenvalue weighted by Crippen LogP contribution is 2.23. The third-order valence-electron chi connectivity index (χ3n) is 5.37. The zero-order valence-electron chi connectivity index (χ0n) is 18.1. The molecule has 2 heterocycles. The number of carbonyl (C=O) groups is 1. The summed E-state index contributed by atoms with van der Waals surface area (Å²) in [6, 6.07) is 11.8. The molecule has 9 nitrogen and oxygen atoms in total. The van der Waals surface area contributed by atoms with Crippen molar-refractivity contribution in [2.24, 2.45) is 5.92 Å². The second-order valence-electron chi connectivity index (χ2n) is 7.63. The second kappa shape index (κ2) is 10.1. The molecule has 34 heavy (non-hydrogen) atoms. The summed E-state index contributed by atoms with van der Waals surface area (Å²) >= 11 is 12.5. The fourth-order valence-electron chi connectivity index (χ4n) is 3.54. The molecule has 2 aromatic carbocycles. The van der Waals surface area contributed by atoms with Gasteiger partial charge in [0.25, 0.3) is 0 Å². The van der Waals surface area contributed by atoms with Gasteiger partial charge < -0.3 is 15.4 Å². The van der Waals surface area contributed by atoms with E-state index < -0.39 is 17.3 Å². The number of aromatic nitrogens is 3. The molecular weight excluding hydrogens is 481 g/mol. The van der Waals surface area contributed by atoms with Crippen molar-refractivity contribution in [2.45, 2.75) is 19.5 Å². The maximum Gasteiger partial charge on any atom is 0.354 e. The number of halogens is 2. The molecule has 176 valence electrons. The second-order valence-corrected chi connectivity index (χ2v) is 8.47. The Labute approximate surface area is 204 Å². The number of nitrogens with one attached hydrogen (secondary N) is 2. The highest BCUT2D eigenvalue weighted by molar-refractivity contribution is 6.33. The van der Waals surface area contributed by atoms with Crippen LogP contribution in [0.5, 0.6) is 5.75 Å². The Morgan fingerprint density at radius 1 is 1.12 bits per heavy atom. The summed E-state index contributed by atoms with van der Waals surface area (Å²) in [6.45, 7) is -0.103. The summed E-state index contributed by atoms with van der Waals surface area (Å²) in [5.74, 6) is -0.156. The number of allylic oxidation sites excluding steroid dienone is 1. The Kier molecular flexibility index (Phi) is 7.04. The Morgan fingerprint density at radius 2 is 1.88 bits per heavy atom. The first kappa shape index (κ1) is 23.6. The first-order valence-electron chi connectivity index (χ1n) is 10.4. The minimum atomic E-state index is -0.767. The molecule has 1 aromatic heterocycles. The average molecular weight is 502 g/mol. The minimum Gasteiger partial charge on any atom is -0.497 e. The minimum absolute atomic E-state index is 0.000755. The van der Waals surface area contributed by atoms with E-state index in [9.17, 15) is 14.4 Å². The van der Waals surface area contributed by atoms with E-state index in [0.29, 0.717) is 33.5 Å². The van der Waals surface area contributed by atoms with Gasteiger partial charge in [0.05, 0.1) is 19.6 Å². The third-order valence-corrected chi connectivity index (χ3v) is 5.97. The Balaban J connectivity index is 1.78. The van der Waals surface area contributed by atoms with Crippen LogP contribution in [-0.4, -0.2) is 27.1 Å². The number of ether oxygens (including phenoxy) is 1. The number of rotatable bonds is 7. The van der Waals surface area contributed by atoms with E-state index >= 15 is 0 Å². The van der Waals surface area contributed by atoms with Crippen molar-refractivity contribution in [1.82, 2.24) is 19.4 Å². The lowest BCUT2D eigenvalue weighted by Gasteiger charge is -2.20. The van der Waals surface area contributed by atoms with Crippen LogP contribution in [-0.2, 0) is 17.9 Å². The molecule has 11 heteroatoms. The zero-order valence-corrected chi connectivity index (χ0v) is 19.6. The molecule has 0 aliphatic carbocycles. The van der Waals surface area contributed by atoms with Crippen LogP contribution < -0.4 is 26.7 Å². The molecule has 1 amide bonds. The highest BCUT2D eigenvalue weighted by Gasteiger charge is 2.23. The van der Waals surface area contributed by atoms with Gasteiger partial charge in [0.1, 0.15) is 5.75 Å². The summed E-state index contributed by atoms with van der Waals surface area (Å²) in [7, 11) is 1.55. The van der Waals surface area contributed by atoms with Crippen LogP contribution >= 0.6 is 23.2 Å². The Hall–Kier alpha value is -3.56. The molecule has 0 saturated carbocycles. The molecule has 1 unspecified atom stereocenters. The number of hydrogen-bond acceptors (Lipinski definition) is 6. The molecule has 1 atom stereocenters. The van der Waals surface area contributed by atoms with Crippen LogP contribution in [0.15, 0.2) is 64.3 Å². The van der Waals surface area contributed by atoms with Crippen molar-refractivity contribution in [3.05, 3.63) is 91.3 Å². The van der Waals surface area contributed by atoms with Gasteiger partial charge in [0.2, 0.25) is 11.9 Å². The lowest BCUT2D eigenvalue weighted by Crippen LogP contribution is -2.46.